The molecule has 0 unspecified atom stereocenters. The number of hydrogen-bond acceptors (Lipinski definition) is 3. The van der Waals surface area contributed by atoms with E-state index in [0.717, 1.165) is 0 Å². The molecule has 0 rings (SSSR count). The van der Waals surface area contributed by atoms with Gasteiger partial charge in [-0.1, -0.05) is 12.2 Å². The summed E-state index contributed by atoms with van der Waals surface area (Å²) in [6.45, 7) is 3.46. The Balaban J connectivity index is 3.35. The molecule has 0 heterocycles. The number of methoxy groups -OCH3 is 1. The van der Waals surface area contributed by atoms with Crippen LogP contribution in [0.5, 0.6) is 0 Å². The van der Waals surface area contributed by atoms with Gasteiger partial charge in [0.2, 0.25) is 0 Å². The Labute approximate surface area is 60.3 Å². The van der Waals surface area contributed by atoms with Crippen LogP contribution in [0.3, 0.4) is 0 Å². The molecule has 0 aliphatic heterocycles. The third kappa shape index (κ3) is 4.09. The van der Waals surface area contributed by atoms with Crippen molar-refractivity contribution in [3.05, 3.63) is 12.2 Å². The van der Waals surface area contributed by atoms with Crippen LogP contribution in [-0.2, 0) is 9.53 Å². The first kappa shape index (κ1) is 9.17. The largest absolute Gasteiger partial charge is 0.469 e. The molecule has 0 atom stereocenters. The summed E-state index contributed by atoms with van der Waals surface area (Å²) in [6, 6.07) is 0. The second kappa shape index (κ2) is 4.99. The summed E-state index contributed by atoms with van der Waals surface area (Å²) >= 11 is 0. The Morgan fingerprint density at radius 2 is 2.20 bits per heavy atom. The smallest absolute Gasteiger partial charge is 0.305 e. The van der Waals surface area contributed by atoms with Gasteiger partial charge in [0.05, 0.1) is 13.7 Å². The number of ether oxygens (including phenoxy) is 1. The maximum atomic E-state index is 10.5. The van der Waals surface area contributed by atoms with Crippen LogP contribution in [0.1, 0.15) is 12.8 Å². The Morgan fingerprint density at radius 3 is 2.60 bits per heavy atom. The minimum absolute atomic E-state index is 0.0585. The molecule has 3 heteroatoms. The Hall–Kier alpha value is -0.830. The molecule has 0 aromatic rings. The average molecular weight is 144 g/mol. The summed E-state index contributed by atoms with van der Waals surface area (Å²) < 4.78 is 4.38. The van der Waals surface area contributed by atoms with E-state index in [0.29, 0.717) is 18.4 Å². The molecule has 1 N–H and O–H groups in total. The van der Waals surface area contributed by atoms with Crippen molar-refractivity contribution in [2.45, 2.75) is 12.8 Å². The van der Waals surface area contributed by atoms with E-state index in [4.69, 9.17) is 5.11 Å². The molecule has 0 fully saturated rings. The average Bonchev–Trinajstić information content (AvgIpc) is 1.99. The van der Waals surface area contributed by atoms with E-state index in [2.05, 4.69) is 11.3 Å². The second-order valence-electron chi connectivity index (χ2n) is 1.98. The van der Waals surface area contributed by atoms with Gasteiger partial charge >= 0.3 is 5.97 Å². The van der Waals surface area contributed by atoms with Gasteiger partial charge in [-0.25, -0.2) is 0 Å². The number of carbonyl (C=O) groups is 1. The number of carbonyl (C=O) groups excluding carboxylic acids is 1. The fourth-order valence-corrected chi connectivity index (χ4v) is 0.460. The Bertz CT molecular complexity index is 113. The van der Waals surface area contributed by atoms with Crippen molar-refractivity contribution in [2.24, 2.45) is 0 Å². The molecule has 0 bridgehead atoms. The van der Waals surface area contributed by atoms with Gasteiger partial charge in [0.15, 0.2) is 0 Å². The molecule has 0 aliphatic carbocycles. The number of esters is 1. The van der Waals surface area contributed by atoms with E-state index in [1.54, 1.807) is 0 Å². The fourth-order valence-electron chi connectivity index (χ4n) is 0.460. The van der Waals surface area contributed by atoms with Gasteiger partial charge < -0.3 is 9.84 Å². The first-order valence-corrected chi connectivity index (χ1v) is 3.05. The third-order valence-electron chi connectivity index (χ3n) is 1.13. The van der Waals surface area contributed by atoms with Crippen molar-refractivity contribution < 1.29 is 14.6 Å². The van der Waals surface area contributed by atoms with Gasteiger partial charge in [0.1, 0.15) is 0 Å². The van der Waals surface area contributed by atoms with Crippen molar-refractivity contribution in [3.8, 4) is 0 Å². The molecule has 0 amide bonds. The zero-order valence-electron chi connectivity index (χ0n) is 6.09. The predicted octanol–water partition coefficient (Wildman–Crippen LogP) is 0.488. The predicted molar refractivity (Wildman–Crippen MR) is 37.5 cm³/mol. The standard InChI is InChI=1S/C7H12O3/c1-6(5-8)3-4-7(9)10-2/h8H,1,3-5H2,2H3. The van der Waals surface area contributed by atoms with Crippen LogP contribution >= 0.6 is 0 Å². The van der Waals surface area contributed by atoms with Gasteiger partial charge in [-0.3, -0.25) is 4.79 Å². The summed E-state index contributed by atoms with van der Waals surface area (Å²) in [6.07, 6.45) is 0.805. The summed E-state index contributed by atoms with van der Waals surface area (Å²) in [5.74, 6) is -0.269. The second-order valence-corrected chi connectivity index (χ2v) is 1.98. The maximum Gasteiger partial charge on any atom is 0.305 e. The minimum Gasteiger partial charge on any atom is -0.469 e. The molecule has 10 heavy (non-hydrogen) atoms. The summed E-state index contributed by atoms with van der Waals surface area (Å²) in [7, 11) is 1.34. The van der Waals surface area contributed by atoms with Gasteiger partial charge in [0.25, 0.3) is 0 Å². The molecule has 3 nitrogen and oxygen atoms in total. The number of rotatable bonds is 4. The van der Waals surface area contributed by atoms with Crippen molar-refractivity contribution >= 4 is 5.97 Å². The highest BCUT2D eigenvalue weighted by Crippen LogP contribution is 2.01. The van der Waals surface area contributed by atoms with Crippen molar-refractivity contribution in [1.29, 1.82) is 0 Å². The van der Waals surface area contributed by atoms with Crippen LogP contribution in [0, 0.1) is 0 Å². The highest BCUT2D eigenvalue weighted by Gasteiger charge is 2.00. The van der Waals surface area contributed by atoms with Crippen LogP contribution in [0.2, 0.25) is 0 Å². The van der Waals surface area contributed by atoms with E-state index in [-0.39, 0.29) is 12.6 Å². The highest BCUT2D eigenvalue weighted by molar-refractivity contribution is 5.69. The maximum absolute atomic E-state index is 10.5. The van der Waals surface area contributed by atoms with Gasteiger partial charge in [-0.15, -0.1) is 0 Å². The van der Waals surface area contributed by atoms with Crippen LogP contribution in [0.15, 0.2) is 12.2 Å². The monoisotopic (exact) mass is 144 g/mol. The zero-order chi connectivity index (χ0) is 7.98. The lowest BCUT2D eigenvalue weighted by atomic mass is 10.2. The van der Waals surface area contributed by atoms with E-state index in [1.807, 2.05) is 0 Å². The molecular formula is C7H12O3. The van der Waals surface area contributed by atoms with E-state index < -0.39 is 0 Å². The number of aliphatic hydroxyl groups is 1. The lowest BCUT2D eigenvalue weighted by molar-refractivity contribution is -0.140. The zero-order valence-corrected chi connectivity index (χ0v) is 6.09. The normalized spacial score (nSPS) is 9.00. The number of hydrogen-bond donors (Lipinski definition) is 1. The minimum atomic E-state index is -0.269. The summed E-state index contributed by atoms with van der Waals surface area (Å²) in [5, 5.41) is 8.47. The molecule has 0 aromatic heterocycles. The first-order chi connectivity index (χ1) is 4.70. The topological polar surface area (TPSA) is 46.5 Å². The number of aliphatic hydroxyl groups excluding tert-OH is 1. The molecule has 0 aliphatic rings. The van der Waals surface area contributed by atoms with Gasteiger partial charge in [-0.2, -0.15) is 0 Å². The van der Waals surface area contributed by atoms with Crippen LogP contribution in [0.25, 0.3) is 0 Å². The quantitative estimate of drug-likeness (QED) is 0.461. The van der Waals surface area contributed by atoms with Gasteiger partial charge in [0, 0.05) is 6.42 Å². The molecule has 0 radical (unpaired) electrons. The first-order valence-electron chi connectivity index (χ1n) is 3.05. The van der Waals surface area contributed by atoms with Crippen molar-refractivity contribution in [3.63, 3.8) is 0 Å². The lowest BCUT2D eigenvalue weighted by Gasteiger charge is -1.99. The Morgan fingerprint density at radius 1 is 1.60 bits per heavy atom. The molecular weight excluding hydrogens is 132 g/mol. The summed E-state index contributed by atoms with van der Waals surface area (Å²) in [5.41, 5.74) is 0.658. The highest BCUT2D eigenvalue weighted by atomic mass is 16.5. The van der Waals surface area contributed by atoms with Crippen LogP contribution in [-0.4, -0.2) is 24.8 Å². The molecule has 0 saturated heterocycles. The third-order valence-corrected chi connectivity index (χ3v) is 1.13. The lowest BCUT2D eigenvalue weighted by Crippen LogP contribution is -2.01. The van der Waals surface area contributed by atoms with Crippen LogP contribution in [0.4, 0.5) is 0 Å². The van der Waals surface area contributed by atoms with Gasteiger partial charge in [-0.05, 0) is 6.42 Å². The molecule has 0 saturated carbocycles. The SMILES string of the molecule is C=C(CO)CCC(=O)OC. The van der Waals surface area contributed by atoms with Crippen molar-refractivity contribution in [2.75, 3.05) is 13.7 Å². The van der Waals surface area contributed by atoms with Crippen molar-refractivity contribution in [1.82, 2.24) is 0 Å². The van der Waals surface area contributed by atoms with E-state index >= 15 is 0 Å². The van der Waals surface area contributed by atoms with E-state index in [1.165, 1.54) is 7.11 Å². The summed E-state index contributed by atoms with van der Waals surface area (Å²) in [4.78, 5) is 10.5. The Kier molecular flexibility index (Phi) is 4.58. The molecule has 58 valence electrons. The molecule has 0 spiro atoms. The van der Waals surface area contributed by atoms with Crippen LogP contribution < -0.4 is 0 Å². The molecule has 0 aromatic carbocycles. The van der Waals surface area contributed by atoms with E-state index in [9.17, 15) is 4.79 Å². The fraction of sp³-hybridized carbons (Fsp3) is 0.571.